The number of hydrogen-bond acceptors (Lipinski definition) is 3. The van der Waals surface area contributed by atoms with Gasteiger partial charge in [-0.2, -0.15) is 0 Å². The lowest BCUT2D eigenvalue weighted by Crippen LogP contribution is -2.34. The fraction of sp³-hybridized carbons (Fsp3) is 0.692. The molecule has 1 N–H and O–H groups in total. The first-order valence-corrected chi connectivity index (χ1v) is 7.20. The topological polar surface area (TPSA) is 15.3 Å². The van der Waals surface area contributed by atoms with Gasteiger partial charge in [0, 0.05) is 30.1 Å². The average molecular weight is 238 g/mol. The summed E-state index contributed by atoms with van der Waals surface area (Å²) in [7, 11) is 0. The fourth-order valence-electron chi connectivity index (χ4n) is 2.10. The highest BCUT2D eigenvalue weighted by Crippen LogP contribution is 2.26. The van der Waals surface area contributed by atoms with E-state index in [-0.39, 0.29) is 0 Å². The van der Waals surface area contributed by atoms with Gasteiger partial charge in [-0.05, 0) is 37.8 Å². The molecule has 1 saturated carbocycles. The maximum atomic E-state index is 3.60. The summed E-state index contributed by atoms with van der Waals surface area (Å²) in [6, 6.07) is 5.73. The predicted octanol–water partition coefficient (Wildman–Crippen LogP) is 2.88. The van der Waals surface area contributed by atoms with Crippen LogP contribution in [-0.4, -0.2) is 30.6 Å². The minimum absolute atomic E-state index is 0.498. The van der Waals surface area contributed by atoms with Crippen molar-refractivity contribution >= 4 is 11.3 Å². The summed E-state index contributed by atoms with van der Waals surface area (Å²) in [5.41, 5.74) is 0. The highest BCUT2D eigenvalue weighted by molar-refractivity contribution is 7.10. The van der Waals surface area contributed by atoms with Crippen molar-refractivity contribution in [1.29, 1.82) is 0 Å². The van der Waals surface area contributed by atoms with Crippen molar-refractivity contribution in [2.24, 2.45) is 0 Å². The SMILES string of the molecule is CCN(CCNC(C)c1cccs1)C1CC1. The molecule has 0 aliphatic heterocycles. The molecule has 1 aliphatic rings. The summed E-state index contributed by atoms with van der Waals surface area (Å²) in [5, 5.41) is 5.75. The Balaban J connectivity index is 1.67. The molecule has 16 heavy (non-hydrogen) atoms. The van der Waals surface area contributed by atoms with Crippen LogP contribution in [0.5, 0.6) is 0 Å². The molecule has 3 heteroatoms. The van der Waals surface area contributed by atoms with E-state index in [0.29, 0.717) is 6.04 Å². The molecule has 1 heterocycles. The fourth-order valence-corrected chi connectivity index (χ4v) is 2.86. The van der Waals surface area contributed by atoms with Crippen LogP contribution in [0.4, 0.5) is 0 Å². The molecule has 1 atom stereocenters. The largest absolute Gasteiger partial charge is 0.308 e. The van der Waals surface area contributed by atoms with E-state index < -0.39 is 0 Å². The summed E-state index contributed by atoms with van der Waals surface area (Å²) >= 11 is 1.84. The Morgan fingerprint density at radius 2 is 2.38 bits per heavy atom. The van der Waals surface area contributed by atoms with Gasteiger partial charge in [0.05, 0.1) is 0 Å². The molecule has 1 aliphatic carbocycles. The van der Waals surface area contributed by atoms with E-state index >= 15 is 0 Å². The minimum atomic E-state index is 0.498. The first-order valence-electron chi connectivity index (χ1n) is 6.32. The average Bonchev–Trinajstić information content (AvgIpc) is 2.97. The van der Waals surface area contributed by atoms with Gasteiger partial charge in [-0.15, -0.1) is 11.3 Å². The minimum Gasteiger partial charge on any atom is -0.308 e. The second-order valence-corrected chi connectivity index (χ2v) is 5.53. The molecule has 90 valence electrons. The molecule has 0 saturated heterocycles. The molecule has 1 aromatic rings. The van der Waals surface area contributed by atoms with E-state index in [1.54, 1.807) is 0 Å². The van der Waals surface area contributed by atoms with Gasteiger partial charge < -0.3 is 5.32 Å². The third kappa shape index (κ3) is 3.30. The second-order valence-electron chi connectivity index (χ2n) is 4.55. The van der Waals surface area contributed by atoms with Crippen molar-refractivity contribution < 1.29 is 0 Å². The van der Waals surface area contributed by atoms with E-state index in [9.17, 15) is 0 Å². The van der Waals surface area contributed by atoms with E-state index in [4.69, 9.17) is 0 Å². The third-order valence-corrected chi connectivity index (χ3v) is 4.34. The van der Waals surface area contributed by atoms with Crippen molar-refractivity contribution in [3.63, 3.8) is 0 Å². The molecule has 1 fully saturated rings. The molecule has 0 radical (unpaired) electrons. The van der Waals surface area contributed by atoms with Crippen molar-refractivity contribution in [3.05, 3.63) is 22.4 Å². The maximum absolute atomic E-state index is 3.60. The van der Waals surface area contributed by atoms with Crippen LogP contribution in [0.1, 0.15) is 37.6 Å². The lowest BCUT2D eigenvalue weighted by molar-refractivity contribution is 0.273. The van der Waals surface area contributed by atoms with Gasteiger partial charge in [0.25, 0.3) is 0 Å². The van der Waals surface area contributed by atoms with Crippen molar-refractivity contribution in [2.45, 2.75) is 38.8 Å². The summed E-state index contributed by atoms with van der Waals surface area (Å²) in [5.74, 6) is 0. The molecule has 2 rings (SSSR count). The Bertz CT molecular complexity index is 293. The Hall–Kier alpha value is -0.380. The summed E-state index contributed by atoms with van der Waals surface area (Å²) < 4.78 is 0. The molecular formula is C13H22N2S. The first kappa shape index (κ1) is 12.1. The van der Waals surface area contributed by atoms with E-state index in [2.05, 4.69) is 41.6 Å². The van der Waals surface area contributed by atoms with Crippen molar-refractivity contribution in [1.82, 2.24) is 10.2 Å². The van der Waals surface area contributed by atoms with Crippen LogP contribution in [0.15, 0.2) is 17.5 Å². The van der Waals surface area contributed by atoms with Gasteiger partial charge in [-0.3, -0.25) is 4.90 Å². The number of hydrogen-bond donors (Lipinski definition) is 1. The van der Waals surface area contributed by atoms with Gasteiger partial charge in [0.2, 0.25) is 0 Å². The van der Waals surface area contributed by atoms with E-state index in [0.717, 1.165) is 12.6 Å². The first-order chi connectivity index (χ1) is 7.81. The van der Waals surface area contributed by atoms with Crippen LogP contribution >= 0.6 is 11.3 Å². The highest BCUT2D eigenvalue weighted by atomic mass is 32.1. The Morgan fingerprint density at radius 1 is 1.56 bits per heavy atom. The van der Waals surface area contributed by atoms with Crippen molar-refractivity contribution in [2.75, 3.05) is 19.6 Å². The standard InChI is InChI=1S/C13H22N2S/c1-3-15(12-6-7-12)9-8-14-11(2)13-5-4-10-16-13/h4-5,10-12,14H,3,6-9H2,1-2H3. The zero-order valence-corrected chi connectivity index (χ0v) is 11.1. The van der Waals surface area contributed by atoms with Crippen LogP contribution in [-0.2, 0) is 0 Å². The van der Waals surface area contributed by atoms with E-state index in [1.807, 2.05) is 11.3 Å². The molecule has 1 aromatic heterocycles. The van der Waals surface area contributed by atoms with Gasteiger partial charge in [-0.1, -0.05) is 13.0 Å². The number of nitrogens with zero attached hydrogens (tertiary/aromatic N) is 1. The van der Waals surface area contributed by atoms with Crippen LogP contribution in [0.2, 0.25) is 0 Å². The van der Waals surface area contributed by atoms with Gasteiger partial charge in [0.15, 0.2) is 0 Å². The van der Waals surface area contributed by atoms with Gasteiger partial charge in [0.1, 0.15) is 0 Å². The number of nitrogens with one attached hydrogen (secondary N) is 1. The Labute approximate surface area is 103 Å². The summed E-state index contributed by atoms with van der Waals surface area (Å²) in [6.07, 6.45) is 2.82. The maximum Gasteiger partial charge on any atom is 0.0386 e. The molecule has 1 unspecified atom stereocenters. The second kappa shape index (κ2) is 5.80. The normalized spacial score (nSPS) is 17.9. The number of rotatable bonds is 7. The van der Waals surface area contributed by atoms with Gasteiger partial charge in [-0.25, -0.2) is 0 Å². The van der Waals surface area contributed by atoms with Crippen LogP contribution in [0.25, 0.3) is 0 Å². The zero-order valence-electron chi connectivity index (χ0n) is 10.3. The van der Waals surface area contributed by atoms with Crippen LogP contribution in [0.3, 0.4) is 0 Å². The number of likely N-dealkylation sites (N-methyl/N-ethyl adjacent to an activating group) is 1. The highest BCUT2D eigenvalue weighted by Gasteiger charge is 2.27. The molecule has 0 aromatic carbocycles. The third-order valence-electron chi connectivity index (χ3n) is 3.29. The zero-order chi connectivity index (χ0) is 11.4. The summed E-state index contributed by atoms with van der Waals surface area (Å²) in [6.45, 7) is 8.00. The molecule has 0 spiro atoms. The summed E-state index contributed by atoms with van der Waals surface area (Å²) in [4.78, 5) is 4.03. The molecule has 0 amide bonds. The quantitative estimate of drug-likeness (QED) is 0.786. The van der Waals surface area contributed by atoms with Gasteiger partial charge >= 0.3 is 0 Å². The lowest BCUT2D eigenvalue weighted by atomic mass is 10.3. The number of thiophene rings is 1. The molecule has 0 bridgehead atoms. The smallest absolute Gasteiger partial charge is 0.0386 e. The Morgan fingerprint density at radius 3 is 2.94 bits per heavy atom. The predicted molar refractivity (Wildman–Crippen MR) is 71.0 cm³/mol. The monoisotopic (exact) mass is 238 g/mol. The molecular weight excluding hydrogens is 216 g/mol. The molecule has 2 nitrogen and oxygen atoms in total. The van der Waals surface area contributed by atoms with Crippen LogP contribution in [0, 0.1) is 0 Å². The van der Waals surface area contributed by atoms with Crippen LogP contribution < -0.4 is 5.32 Å². The van der Waals surface area contributed by atoms with Crippen molar-refractivity contribution in [3.8, 4) is 0 Å². The lowest BCUT2D eigenvalue weighted by Gasteiger charge is -2.21. The van der Waals surface area contributed by atoms with E-state index in [1.165, 1.54) is 30.8 Å². The Kier molecular flexibility index (Phi) is 4.38.